The summed E-state index contributed by atoms with van der Waals surface area (Å²) in [6, 6.07) is -0.910. The standard InChI is InChI=1S/C13H24N2O5S/c1-3-20-13(16)12-6-4-5-7-15(12)21(17,18)14-8-9-19-10-11(14)2/h11-12H,3-10H2,1-2H3/t11-,12-/m0/s1. The van der Waals surface area contributed by atoms with Gasteiger partial charge in [0.25, 0.3) is 10.2 Å². The van der Waals surface area contributed by atoms with E-state index < -0.39 is 22.2 Å². The molecule has 0 radical (unpaired) electrons. The summed E-state index contributed by atoms with van der Waals surface area (Å²) >= 11 is 0. The highest BCUT2D eigenvalue weighted by Gasteiger charge is 2.42. The van der Waals surface area contributed by atoms with Crippen LogP contribution in [0.5, 0.6) is 0 Å². The van der Waals surface area contributed by atoms with Crippen molar-refractivity contribution in [1.29, 1.82) is 0 Å². The Kier molecular flexibility index (Phi) is 5.59. The third kappa shape index (κ3) is 3.56. The molecule has 2 aliphatic rings. The lowest BCUT2D eigenvalue weighted by molar-refractivity contribution is -0.148. The van der Waals surface area contributed by atoms with E-state index in [1.807, 2.05) is 6.92 Å². The van der Waals surface area contributed by atoms with Crippen LogP contribution in [0.2, 0.25) is 0 Å². The van der Waals surface area contributed by atoms with Gasteiger partial charge in [0, 0.05) is 19.1 Å². The topological polar surface area (TPSA) is 76.2 Å². The number of ether oxygens (including phenoxy) is 2. The third-order valence-corrected chi connectivity index (χ3v) is 6.08. The van der Waals surface area contributed by atoms with Gasteiger partial charge in [0.1, 0.15) is 6.04 Å². The molecule has 0 aliphatic carbocycles. The maximum absolute atomic E-state index is 12.9. The van der Waals surface area contributed by atoms with E-state index in [1.54, 1.807) is 6.92 Å². The number of esters is 1. The van der Waals surface area contributed by atoms with Crippen LogP contribution in [-0.4, -0.2) is 68.0 Å². The molecule has 2 atom stereocenters. The molecule has 2 rings (SSSR count). The Hall–Kier alpha value is -0.700. The van der Waals surface area contributed by atoms with Crippen LogP contribution < -0.4 is 0 Å². The van der Waals surface area contributed by atoms with Crippen molar-refractivity contribution in [3.05, 3.63) is 0 Å². The lowest BCUT2D eigenvalue weighted by Gasteiger charge is -2.40. The monoisotopic (exact) mass is 320 g/mol. The molecule has 0 saturated carbocycles. The fraction of sp³-hybridized carbons (Fsp3) is 0.923. The molecule has 0 bridgehead atoms. The Bertz CT molecular complexity index is 467. The summed E-state index contributed by atoms with van der Waals surface area (Å²) in [5, 5.41) is 0. The smallest absolute Gasteiger partial charge is 0.324 e. The van der Waals surface area contributed by atoms with Crippen LogP contribution in [0.1, 0.15) is 33.1 Å². The number of piperidine rings is 1. The van der Waals surface area contributed by atoms with Crippen molar-refractivity contribution >= 4 is 16.2 Å². The van der Waals surface area contributed by atoms with Crippen LogP contribution in [0.25, 0.3) is 0 Å². The van der Waals surface area contributed by atoms with Crippen molar-refractivity contribution in [2.24, 2.45) is 0 Å². The lowest BCUT2D eigenvalue weighted by Crippen LogP contribution is -2.58. The molecular weight excluding hydrogens is 296 g/mol. The second-order valence-electron chi connectivity index (χ2n) is 5.42. The van der Waals surface area contributed by atoms with Crippen LogP contribution in [0.15, 0.2) is 0 Å². The number of carbonyl (C=O) groups is 1. The Morgan fingerprint density at radius 1 is 1.29 bits per heavy atom. The average Bonchev–Trinajstić information content (AvgIpc) is 2.48. The fourth-order valence-electron chi connectivity index (χ4n) is 2.84. The van der Waals surface area contributed by atoms with E-state index in [9.17, 15) is 13.2 Å². The highest BCUT2D eigenvalue weighted by atomic mass is 32.2. The third-order valence-electron chi connectivity index (χ3n) is 3.91. The minimum absolute atomic E-state index is 0.214. The van der Waals surface area contributed by atoms with E-state index in [0.29, 0.717) is 32.7 Å². The van der Waals surface area contributed by atoms with Crippen molar-refractivity contribution in [1.82, 2.24) is 8.61 Å². The SMILES string of the molecule is CCOC(=O)[C@@H]1CCCCN1S(=O)(=O)N1CCOC[C@@H]1C. The molecule has 0 spiro atoms. The second-order valence-corrected chi connectivity index (χ2v) is 7.25. The van der Waals surface area contributed by atoms with Crippen molar-refractivity contribution in [3.8, 4) is 0 Å². The molecule has 8 heteroatoms. The van der Waals surface area contributed by atoms with E-state index in [-0.39, 0.29) is 12.6 Å². The van der Waals surface area contributed by atoms with Gasteiger partial charge >= 0.3 is 5.97 Å². The Morgan fingerprint density at radius 2 is 2.05 bits per heavy atom. The van der Waals surface area contributed by atoms with Gasteiger partial charge in [-0.05, 0) is 33.1 Å². The number of carbonyl (C=O) groups excluding carboxylic acids is 1. The first-order valence-electron chi connectivity index (χ1n) is 7.51. The molecule has 21 heavy (non-hydrogen) atoms. The zero-order chi connectivity index (χ0) is 15.5. The van der Waals surface area contributed by atoms with Crippen molar-refractivity contribution in [2.45, 2.75) is 45.2 Å². The minimum atomic E-state index is -3.66. The van der Waals surface area contributed by atoms with Crippen LogP contribution >= 0.6 is 0 Å². The van der Waals surface area contributed by atoms with Gasteiger partial charge in [0.15, 0.2) is 0 Å². The molecule has 0 amide bonds. The number of rotatable bonds is 4. The zero-order valence-corrected chi connectivity index (χ0v) is 13.5. The molecule has 0 unspecified atom stereocenters. The first-order chi connectivity index (χ1) is 9.98. The summed E-state index contributed by atoms with van der Waals surface area (Å²) in [6.45, 7) is 5.28. The Balaban J connectivity index is 2.20. The van der Waals surface area contributed by atoms with Crippen molar-refractivity contribution < 1.29 is 22.7 Å². The Labute approximate surface area is 126 Å². The van der Waals surface area contributed by atoms with Gasteiger partial charge in [-0.2, -0.15) is 17.0 Å². The number of morpholine rings is 1. The number of hydrogen-bond acceptors (Lipinski definition) is 5. The normalized spacial score (nSPS) is 29.2. The summed E-state index contributed by atoms with van der Waals surface area (Å²) < 4.78 is 38.8. The van der Waals surface area contributed by atoms with Gasteiger partial charge in [-0.3, -0.25) is 4.79 Å². The van der Waals surface area contributed by atoms with Gasteiger partial charge in [-0.25, -0.2) is 0 Å². The molecule has 0 N–H and O–H groups in total. The second kappa shape index (κ2) is 7.04. The van der Waals surface area contributed by atoms with Crippen LogP contribution in [0.4, 0.5) is 0 Å². The maximum atomic E-state index is 12.9. The summed E-state index contributed by atoms with van der Waals surface area (Å²) in [6.07, 6.45) is 2.14. The minimum Gasteiger partial charge on any atom is -0.465 e. The molecule has 2 aliphatic heterocycles. The van der Waals surface area contributed by atoms with Gasteiger partial charge in [-0.1, -0.05) is 0 Å². The maximum Gasteiger partial charge on any atom is 0.324 e. The summed E-state index contributed by atoms with van der Waals surface area (Å²) in [5.74, 6) is -0.443. The van der Waals surface area contributed by atoms with Gasteiger partial charge in [0.2, 0.25) is 0 Å². The largest absolute Gasteiger partial charge is 0.465 e. The van der Waals surface area contributed by atoms with E-state index in [2.05, 4.69) is 0 Å². The van der Waals surface area contributed by atoms with Crippen LogP contribution in [-0.2, 0) is 24.5 Å². The molecule has 122 valence electrons. The predicted octanol–water partition coefficient (Wildman–Crippen LogP) is 0.370. The van der Waals surface area contributed by atoms with Gasteiger partial charge in [-0.15, -0.1) is 0 Å². The molecule has 2 fully saturated rings. The number of nitrogens with zero attached hydrogens (tertiary/aromatic N) is 2. The Morgan fingerprint density at radius 3 is 2.71 bits per heavy atom. The highest BCUT2D eigenvalue weighted by Crippen LogP contribution is 2.25. The van der Waals surface area contributed by atoms with E-state index >= 15 is 0 Å². The molecule has 2 saturated heterocycles. The van der Waals surface area contributed by atoms with Crippen molar-refractivity contribution in [2.75, 3.05) is 32.9 Å². The molecule has 7 nitrogen and oxygen atoms in total. The summed E-state index contributed by atoms with van der Waals surface area (Å²) in [7, 11) is -3.66. The molecular formula is C13H24N2O5S. The van der Waals surface area contributed by atoms with E-state index in [1.165, 1.54) is 8.61 Å². The predicted molar refractivity (Wildman–Crippen MR) is 76.9 cm³/mol. The fourth-order valence-corrected chi connectivity index (χ4v) is 4.81. The van der Waals surface area contributed by atoms with E-state index in [4.69, 9.17) is 9.47 Å². The molecule has 0 aromatic carbocycles. The zero-order valence-electron chi connectivity index (χ0n) is 12.7. The van der Waals surface area contributed by atoms with Crippen LogP contribution in [0, 0.1) is 0 Å². The molecule has 2 heterocycles. The first kappa shape index (κ1) is 16.7. The average molecular weight is 320 g/mol. The lowest BCUT2D eigenvalue weighted by atomic mass is 10.1. The van der Waals surface area contributed by atoms with Gasteiger partial charge in [0.05, 0.1) is 19.8 Å². The quantitative estimate of drug-likeness (QED) is 0.700. The highest BCUT2D eigenvalue weighted by molar-refractivity contribution is 7.86. The van der Waals surface area contributed by atoms with Gasteiger partial charge < -0.3 is 9.47 Å². The molecule has 0 aromatic heterocycles. The number of hydrogen-bond donors (Lipinski definition) is 0. The van der Waals surface area contributed by atoms with Crippen LogP contribution in [0.3, 0.4) is 0 Å². The summed E-state index contributed by atoms with van der Waals surface area (Å²) in [5.41, 5.74) is 0. The van der Waals surface area contributed by atoms with Crippen molar-refractivity contribution in [3.63, 3.8) is 0 Å². The summed E-state index contributed by atoms with van der Waals surface area (Å²) in [4.78, 5) is 12.0. The first-order valence-corrected chi connectivity index (χ1v) is 8.91. The van der Waals surface area contributed by atoms with E-state index in [0.717, 1.165) is 12.8 Å². The molecule has 0 aromatic rings.